The quantitative estimate of drug-likeness (QED) is 0.773. The van der Waals surface area contributed by atoms with E-state index in [9.17, 15) is 9.18 Å². The van der Waals surface area contributed by atoms with Gasteiger partial charge < -0.3 is 9.47 Å². The Morgan fingerprint density at radius 3 is 2.78 bits per heavy atom. The summed E-state index contributed by atoms with van der Waals surface area (Å²) in [5, 5.41) is 0. The molecule has 1 aliphatic rings. The second-order valence-corrected chi connectivity index (χ2v) is 4.57. The number of hydrogen-bond acceptors (Lipinski definition) is 3. The van der Waals surface area contributed by atoms with Gasteiger partial charge in [0.15, 0.2) is 17.3 Å². The largest absolute Gasteiger partial charge is 0.490 e. The Balaban J connectivity index is 1.94. The van der Waals surface area contributed by atoms with Gasteiger partial charge in [-0.3, -0.25) is 4.79 Å². The van der Waals surface area contributed by atoms with E-state index in [0.29, 0.717) is 18.1 Å². The summed E-state index contributed by atoms with van der Waals surface area (Å²) in [6.07, 6.45) is 1.90. The molecule has 4 heteroatoms. The van der Waals surface area contributed by atoms with Crippen molar-refractivity contribution in [3.05, 3.63) is 29.6 Å². The Bertz CT molecular complexity index is 425. The molecule has 0 radical (unpaired) electrons. The average Bonchev–Trinajstić information content (AvgIpc) is 2.38. The lowest BCUT2D eigenvalue weighted by Gasteiger charge is -2.22. The van der Waals surface area contributed by atoms with Gasteiger partial charge in [0, 0.05) is 18.8 Å². The van der Waals surface area contributed by atoms with E-state index in [1.165, 1.54) is 19.1 Å². The van der Waals surface area contributed by atoms with E-state index in [-0.39, 0.29) is 11.5 Å². The minimum absolute atomic E-state index is 0.148. The highest BCUT2D eigenvalue weighted by molar-refractivity contribution is 5.94. The zero-order valence-corrected chi connectivity index (χ0v) is 10.4. The van der Waals surface area contributed by atoms with E-state index in [1.54, 1.807) is 6.07 Å². The van der Waals surface area contributed by atoms with E-state index >= 15 is 0 Å². The fourth-order valence-corrected chi connectivity index (χ4v) is 1.96. The lowest BCUT2D eigenvalue weighted by Crippen LogP contribution is -2.21. The van der Waals surface area contributed by atoms with Gasteiger partial charge >= 0.3 is 0 Å². The number of hydrogen-bond donors (Lipinski definition) is 0. The van der Waals surface area contributed by atoms with Crippen LogP contribution in [0.3, 0.4) is 0 Å². The average molecular weight is 252 g/mol. The summed E-state index contributed by atoms with van der Waals surface area (Å²) in [7, 11) is 0. The lowest BCUT2D eigenvalue weighted by molar-refractivity contribution is 0.0491. The minimum Gasteiger partial charge on any atom is -0.490 e. The van der Waals surface area contributed by atoms with Gasteiger partial charge in [-0.2, -0.15) is 0 Å². The van der Waals surface area contributed by atoms with E-state index in [4.69, 9.17) is 9.47 Å². The molecular weight excluding hydrogens is 235 g/mol. The van der Waals surface area contributed by atoms with Crippen molar-refractivity contribution < 1.29 is 18.7 Å². The van der Waals surface area contributed by atoms with Crippen LogP contribution >= 0.6 is 0 Å². The van der Waals surface area contributed by atoms with Crippen molar-refractivity contribution in [2.75, 3.05) is 19.8 Å². The van der Waals surface area contributed by atoms with E-state index in [0.717, 1.165) is 26.1 Å². The maximum Gasteiger partial charge on any atom is 0.165 e. The number of carbonyl (C=O) groups excluding carboxylic acids is 1. The zero-order chi connectivity index (χ0) is 13.0. The summed E-state index contributed by atoms with van der Waals surface area (Å²) in [5.74, 6) is 0.0109. The van der Waals surface area contributed by atoms with Crippen molar-refractivity contribution >= 4 is 5.78 Å². The molecule has 2 rings (SSSR count). The third kappa shape index (κ3) is 3.29. The molecule has 0 aliphatic carbocycles. The molecule has 98 valence electrons. The number of Topliss-reactive ketones (excluding diaryl/α,β-unsaturated/α-hetero) is 1. The van der Waals surface area contributed by atoms with Gasteiger partial charge in [-0.15, -0.1) is 0 Å². The molecule has 1 saturated heterocycles. The van der Waals surface area contributed by atoms with E-state index in [1.807, 2.05) is 0 Å². The second-order valence-electron chi connectivity index (χ2n) is 4.57. The minimum atomic E-state index is -0.477. The first kappa shape index (κ1) is 13.0. The Morgan fingerprint density at radius 2 is 2.17 bits per heavy atom. The standard InChI is InChI=1S/C14H17FO3/c1-10(16)12-2-3-14(13(15)8-12)18-9-11-4-6-17-7-5-11/h2-3,8,11H,4-7,9H2,1H3. The Labute approximate surface area is 106 Å². The number of ether oxygens (including phenoxy) is 2. The lowest BCUT2D eigenvalue weighted by atomic mass is 10.0. The van der Waals surface area contributed by atoms with Gasteiger partial charge in [0.2, 0.25) is 0 Å². The van der Waals surface area contributed by atoms with Crippen molar-refractivity contribution in [2.45, 2.75) is 19.8 Å². The molecule has 1 aliphatic heterocycles. The zero-order valence-electron chi connectivity index (χ0n) is 10.4. The molecule has 1 aromatic rings. The number of ketones is 1. The summed E-state index contributed by atoms with van der Waals surface area (Å²) < 4.78 is 24.4. The van der Waals surface area contributed by atoms with Crippen LogP contribution in [0.25, 0.3) is 0 Å². The SMILES string of the molecule is CC(=O)c1ccc(OCC2CCOCC2)c(F)c1. The van der Waals surface area contributed by atoms with E-state index < -0.39 is 5.82 Å². The topological polar surface area (TPSA) is 35.5 Å². The highest BCUT2D eigenvalue weighted by Gasteiger charge is 2.15. The fraction of sp³-hybridized carbons (Fsp3) is 0.500. The molecule has 0 bridgehead atoms. The molecule has 0 atom stereocenters. The predicted molar refractivity (Wildman–Crippen MR) is 65.4 cm³/mol. The Morgan fingerprint density at radius 1 is 1.44 bits per heavy atom. The monoisotopic (exact) mass is 252 g/mol. The van der Waals surface area contributed by atoms with Crippen LogP contribution < -0.4 is 4.74 Å². The molecule has 0 unspecified atom stereocenters. The number of carbonyl (C=O) groups is 1. The third-order valence-electron chi connectivity index (χ3n) is 3.15. The normalized spacial score (nSPS) is 16.6. The van der Waals surface area contributed by atoms with Crippen LogP contribution in [0.2, 0.25) is 0 Å². The van der Waals surface area contributed by atoms with Gasteiger partial charge in [-0.25, -0.2) is 4.39 Å². The first-order valence-corrected chi connectivity index (χ1v) is 6.18. The van der Waals surface area contributed by atoms with E-state index in [2.05, 4.69) is 0 Å². The van der Waals surface area contributed by atoms with Crippen LogP contribution in [0, 0.1) is 11.7 Å². The molecule has 18 heavy (non-hydrogen) atoms. The highest BCUT2D eigenvalue weighted by Crippen LogP contribution is 2.21. The fourth-order valence-electron chi connectivity index (χ4n) is 1.96. The first-order valence-electron chi connectivity index (χ1n) is 6.18. The van der Waals surface area contributed by atoms with Gasteiger partial charge in [-0.05, 0) is 43.9 Å². The smallest absolute Gasteiger partial charge is 0.165 e. The summed E-state index contributed by atoms with van der Waals surface area (Å²) >= 11 is 0. The maximum absolute atomic E-state index is 13.7. The highest BCUT2D eigenvalue weighted by atomic mass is 19.1. The van der Waals surface area contributed by atoms with Gasteiger partial charge in [-0.1, -0.05) is 0 Å². The van der Waals surface area contributed by atoms with Crippen molar-refractivity contribution in [3.63, 3.8) is 0 Å². The molecule has 1 aromatic carbocycles. The summed E-state index contributed by atoms with van der Waals surface area (Å²) in [6, 6.07) is 4.33. The van der Waals surface area contributed by atoms with Crippen molar-refractivity contribution in [3.8, 4) is 5.75 Å². The molecule has 0 spiro atoms. The summed E-state index contributed by atoms with van der Waals surface area (Å²) in [6.45, 7) is 3.41. The Hall–Kier alpha value is -1.42. The molecule has 0 N–H and O–H groups in total. The number of rotatable bonds is 4. The summed E-state index contributed by atoms with van der Waals surface area (Å²) in [5.41, 5.74) is 0.367. The van der Waals surface area contributed by atoms with Crippen LogP contribution in [0.4, 0.5) is 4.39 Å². The molecule has 0 saturated carbocycles. The number of halogens is 1. The predicted octanol–water partition coefficient (Wildman–Crippen LogP) is 2.83. The maximum atomic E-state index is 13.7. The van der Waals surface area contributed by atoms with Crippen LogP contribution in [-0.4, -0.2) is 25.6 Å². The Kier molecular flexibility index (Phi) is 4.31. The van der Waals surface area contributed by atoms with Crippen LogP contribution in [0.1, 0.15) is 30.1 Å². The second kappa shape index (κ2) is 5.96. The molecule has 3 nitrogen and oxygen atoms in total. The molecule has 0 amide bonds. The van der Waals surface area contributed by atoms with Crippen molar-refractivity contribution in [2.24, 2.45) is 5.92 Å². The van der Waals surface area contributed by atoms with Gasteiger partial charge in [0.25, 0.3) is 0 Å². The third-order valence-corrected chi connectivity index (χ3v) is 3.15. The van der Waals surface area contributed by atoms with Crippen LogP contribution in [0.5, 0.6) is 5.75 Å². The van der Waals surface area contributed by atoms with Crippen molar-refractivity contribution in [1.29, 1.82) is 0 Å². The van der Waals surface area contributed by atoms with Crippen LogP contribution in [-0.2, 0) is 4.74 Å². The van der Waals surface area contributed by atoms with Gasteiger partial charge in [0.1, 0.15) is 0 Å². The molecule has 0 aromatic heterocycles. The van der Waals surface area contributed by atoms with Crippen molar-refractivity contribution in [1.82, 2.24) is 0 Å². The summed E-state index contributed by atoms with van der Waals surface area (Å²) in [4.78, 5) is 11.1. The molecule has 1 heterocycles. The molecular formula is C14H17FO3. The molecule has 1 fully saturated rings. The van der Waals surface area contributed by atoms with Crippen LogP contribution in [0.15, 0.2) is 18.2 Å². The van der Waals surface area contributed by atoms with Gasteiger partial charge in [0.05, 0.1) is 6.61 Å². The first-order chi connectivity index (χ1) is 8.66. The number of benzene rings is 1.